The SMILES string of the molecule is CCCOc1ccc(/C=N/n2c(-c3cc(C)[nH]n3)n[nH]c2=S)cc1. The molecule has 2 N–H and O–H groups in total. The zero-order valence-corrected chi connectivity index (χ0v) is 14.3. The molecule has 1 aromatic carbocycles. The molecule has 0 aliphatic rings. The summed E-state index contributed by atoms with van der Waals surface area (Å²) in [7, 11) is 0. The van der Waals surface area contributed by atoms with Gasteiger partial charge in [0.15, 0.2) is 0 Å². The number of ether oxygens (including phenoxy) is 1. The quantitative estimate of drug-likeness (QED) is 0.532. The molecule has 24 heavy (non-hydrogen) atoms. The van der Waals surface area contributed by atoms with Crippen molar-refractivity contribution < 1.29 is 4.74 Å². The first-order valence-corrected chi connectivity index (χ1v) is 8.05. The molecule has 0 aliphatic carbocycles. The Morgan fingerprint density at radius 3 is 2.71 bits per heavy atom. The van der Waals surface area contributed by atoms with Crippen LogP contribution in [0.2, 0.25) is 0 Å². The predicted octanol–water partition coefficient (Wildman–Crippen LogP) is 3.31. The number of benzene rings is 1. The van der Waals surface area contributed by atoms with Crippen LogP contribution in [0.25, 0.3) is 11.5 Å². The van der Waals surface area contributed by atoms with Crippen molar-refractivity contribution >= 4 is 18.4 Å². The average Bonchev–Trinajstić information content (AvgIpc) is 3.17. The van der Waals surface area contributed by atoms with Gasteiger partial charge in [0.1, 0.15) is 11.4 Å². The van der Waals surface area contributed by atoms with Gasteiger partial charge in [-0.25, -0.2) is 5.10 Å². The summed E-state index contributed by atoms with van der Waals surface area (Å²) < 4.78 is 7.52. The van der Waals surface area contributed by atoms with Crippen LogP contribution in [0.5, 0.6) is 5.75 Å². The Balaban J connectivity index is 1.82. The third-order valence-electron chi connectivity index (χ3n) is 3.26. The van der Waals surface area contributed by atoms with Gasteiger partial charge in [-0.3, -0.25) is 5.10 Å². The fourth-order valence-electron chi connectivity index (χ4n) is 2.09. The van der Waals surface area contributed by atoms with Gasteiger partial charge in [-0.2, -0.15) is 20.0 Å². The van der Waals surface area contributed by atoms with Gasteiger partial charge in [-0.05, 0) is 61.5 Å². The van der Waals surface area contributed by atoms with Crippen LogP contribution < -0.4 is 4.74 Å². The molecular formula is C16H18N6OS. The van der Waals surface area contributed by atoms with Gasteiger partial charge in [-0.1, -0.05) is 6.92 Å². The van der Waals surface area contributed by atoms with E-state index in [1.807, 2.05) is 37.3 Å². The van der Waals surface area contributed by atoms with Gasteiger partial charge in [-0.15, -0.1) is 0 Å². The van der Waals surface area contributed by atoms with E-state index >= 15 is 0 Å². The topological polar surface area (TPSA) is 83.9 Å². The van der Waals surface area contributed by atoms with Crippen molar-refractivity contribution in [3.8, 4) is 17.3 Å². The molecule has 3 aromatic rings. The molecule has 0 bridgehead atoms. The Morgan fingerprint density at radius 2 is 2.04 bits per heavy atom. The number of H-pyrrole nitrogens is 2. The van der Waals surface area contributed by atoms with Crippen LogP contribution in [-0.4, -0.2) is 37.9 Å². The van der Waals surface area contributed by atoms with Crippen molar-refractivity contribution in [2.75, 3.05) is 6.61 Å². The lowest BCUT2D eigenvalue weighted by Crippen LogP contribution is -1.96. The number of rotatable bonds is 6. The fraction of sp³-hybridized carbons (Fsp3) is 0.250. The summed E-state index contributed by atoms with van der Waals surface area (Å²) in [6.07, 6.45) is 2.70. The second kappa shape index (κ2) is 7.22. The summed E-state index contributed by atoms with van der Waals surface area (Å²) in [4.78, 5) is 0. The monoisotopic (exact) mass is 342 g/mol. The molecule has 2 heterocycles. The van der Waals surface area contributed by atoms with E-state index < -0.39 is 0 Å². The highest BCUT2D eigenvalue weighted by atomic mass is 32.1. The van der Waals surface area contributed by atoms with Crippen molar-refractivity contribution in [1.29, 1.82) is 0 Å². The van der Waals surface area contributed by atoms with Crippen LogP contribution in [0.15, 0.2) is 35.4 Å². The van der Waals surface area contributed by atoms with Crippen LogP contribution >= 0.6 is 12.2 Å². The molecule has 0 fully saturated rings. The Kier molecular flexibility index (Phi) is 4.85. The summed E-state index contributed by atoms with van der Waals surface area (Å²) in [6.45, 7) is 4.71. The number of nitrogens with zero attached hydrogens (tertiary/aromatic N) is 4. The predicted molar refractivity (Wildman–Crippen MR) is 95.0 cm³/mol. The zero-order valence-electron chi connectivity index (χ0n) is 13.5. The van der Waals surface area contributed by atoms with Crippen molar-refractivity contribution in [1.82, 2.24) is 25.1 Å². The lowest BCUT2D eigenvalue weighted by molar-refractivity contribution is 0.317. The Bertz CT molecular complexity index is 890. The summed E-state index contributed by atoms with van der Waals surface area (Å²) in [5.74, 6) is 1.41. The third kappa shape index (κ3) is 3.60. The van der Waals surface area contributed by atoms with Crippen LogP contribution in [0.3, 0.4) is 0 Å². The van der Waals surface area contributed by atoms with Crippen LogP contribution in [-0.2, 0) is 0 Å². The molecule has 0 aliphatic heterocycles. The molecule has 0 radical (unpaired) electrons. The van der Waals surface area contributed by atoms with Crippen molar-refractivity contribution in [3.63, 3.8) is 0 Å². The number of nitrogens with one attached hydrogen (secondary N) is 2. The summed E-state index contributed by atoms with van der Waals surface area (Å²) in [6, 6.07) is 9.61. The maximum Gasteiger partial charge on any atom is 0.216 e. The molecule has 0 atom stereocenters. The van der Waals surface area contributed by atoms with Gasteiger partial charge >= 0.3 is 0 Å². The second-order valence-electron chi connectivity index (χ2n) is 5.26. The molecule has 7 nitrogen and oxygen atoms in total. The molecule has 0 amide bonds. The highest BCUT2D eigenvalue weighted by Gasteiger charge is 2.10. The molecule has 124 valence electrons. The molecule has 2 aromatic heterocycles. The molecule has 3 rings (SSSR count). The number of aromatic amines is 2. The first-order chi connectivity index (χ1) is 11.7. The van der Waals surface area contributed by atoms with Crippen molar-refractivity contribution in [2.24, 2.45) is 5.10 Å². The van der Waals surface area contributed by atoms with Gasteiger partial charge in [0.25, 0.3) is 0 Å². The largest absolute Gasteiger partial charge is 0.494 e. The van der Waals surface area contributed by atoms with Crippen LogP contribution in [0.4, 0.5) is 0 Å². The fourth-order valence-corrected chi connectivity index (χ4v) is 2.27. The molecule has 0 spiro atoms. The van der Waals surface area contributed by atoms with E-state index in [0.717, 1.165) is 23.4 Å². The molecule has 0 saturated carbocycles. The van der Waals surface area contributed by atoms with Gasteiger partial charge < -0.3 is 4.74 Å². The highest BCUT2D eigenvalue weighted by molar-refractivity contribution is 7.71. The second-order valence-corrected chi connectivity index (χ2v) is 5.65. The van der Waals surface area contributed by atoms with E-state index in [-0.39, 0.29) is 0 Å². The minimum atomic E-state index is 0.407. The van der Waals surface area contributed by atoms with Crippen LogP contribution in [0, 0.1) is 11.7 Å². The van der Waals surface area contributed by atoms with E-state index in [1.54, 1.807) is 10.9 Å². The summed E-state index contributed by atoms with van der Waals surface area (Å²) in [5.41, 5.74) is 2.56. The van der Waals surface area contributed by atoms with E-state index in [2.05, 4.69) is 32.4 Å². The van der Waals surface area contributed by atoms with E-state index in [0.29, 0.717) is 22.9 Å². The first kappa shape index (κ1) is 16.1. The number of hydrogen-bond donors (Lipinski definition) is 2. The van der Waals surface area contributed by atoms with Gasteiger partial charge in [0.2, 0.25) is 10.6 Å². The number of aromatic nitrogens is 5. The minimum absolute atomic E-state index is 0.407. The lowest BCUT2D eigenvalue weighted by Gasteiger charge is -2.03. The van der Waals surface area contributed by atoms with Crippen LogP contribution in [0.1, 0.15) is 24.6 Å². The maximum absolute atomic E-state index is 5.57. The smallest absolute Gasteiger partial charge is 0.216 e. The Morgan fingerprint density at radius 1 is 1.25 bits per heavy atom. The van der Waals surface area contributed by atoms with Crippen molar-refractivity contribution in [3.05, 3.63) is 46.4 Å². The molecule has 0 unspecified atom stereocenters. The number of aryl methyl sites for hydroxylation is 1. The Hall–Kier alpha value is -2.74. The normalized spacial score (nSPS) is 11.2. The van der Waals surface area contributed by atoms with Gasteiger partial charge in [0.05, 0.1) is 12.8 Å². The minimum Gasteiger partial charge on any atom is -0.494 e. The molecule has 0 saturated heterocycles. The standard InChI is InChI=1S/C16H18N6OS/c1-3-8-23-13-6-4-12(5-7-13)10-17-22-15(20-21-16(22)24)14-9-11(2)18-19-14/h4-7,9-10H,3,8H2,1-2H3,(H,18,19)(H,21,24)/b17-10+. The zero-order chi connectivity index (χ0) is 16.9. The first-order valence-electron chi connectivity index (χ1n) is 7.64. The van der Waals surface area contributed by atoms with Crippen molar-refractivity contribution in [2.45, 2.75) is 20.3 Å². The maximum atomic E-state index is 5.57. The average molecular weight is 342 g/mol. The highest BCUT2D eigenvalue weighted by Crippen LogP contribution is 2.16. The summed E-state index contributed by atoms with van der Waals surface area (Å²) in [5, 5.41) is 18.4. The third-order valence-corrected chi connectivity index (χ3v) is 3.52. The number of hydrogen-bond acceptors (Lipinski definition) is 5. The van der Waals surface area contributed by atoms with Gasteiger partial charge in [0, 0.05) is 5.69 Å². The van der Waals surface area contributed by atoms with E-state index in [9.17, 15) is 0 Å². The molecule has 8 heteroatoms. The van der Waals surface area contributed by atoms with E-state index in [1.165, 1.54) is 0 Å². The molecular weight excluding hydrogens is 324 g/mol. The summed E-state index contributed by atoms with van der Waals surface area (Å²) >= 11 is 5.24. The lowest BCUT2D eigenvalue weighted by atomic mass is 10.2. The Labute approximate surface area is 144 Å². The van der Waals surface area contributed by atoms with E-state index in [4.69, 9.17) is 17.0 Å².